The second-order valence-corrected chi connectivity index (χ2v) is 9.02. The molecule has 0 spiro atoms. The zero-order valence-corrected chi connectivity index (χ0v) is 20.0. The summed E-state index contributed by atoms with van der Waals surface area (Å²) in [6, 6.07) is 13.2. The topological polar surface area (TPSA) is 88.4 Å². The summed E-state index contributed by atoms with van der Waals surface area (Å²) in [5.74, 6) is -1.87. The number of alkyl halides is 3. The lowest BCUT2D eigenvalue weighted by atomic mass is 9.79. The number of halogens is 3. The molecule has 1 aliphatic heterocycles. The van der Waals surface area contributed by atoms with Gasteiger partial charge in [0.05, 0.1) is 59.0 Å². The summed E-state index contributed by atoms with van der Waals surface area (Å²) in [4.78, 5) is 13.5. The maximum atomic E-state index is 13.9. The molecule has 1 aliphatic rings. The summed E-state index contributed by atoms with van der Waals surface area (Å²) in [5, 5.41) is 12.8. The van der Waals surface area contributed by atoms with Crippen molar-refractivity contribution in [1.29, 1.82) is 5.26 Å². The van der Waals surface area contributed by atoms with Crippen molar-refractivity contribution < 1.29 is 31.6 Å². The van der Waals surface area contributed by atoms with Crippen LogP contribution >= 0.6 is 0 Å². The summed E-state index contributed by atoms with van der Waals surface area (Å²) in [7, 11) is -0.171. The van der Waals surface area contributed by atoms with Crippen LogP contribution in [0.5, 0.6) is 5.75 Å². The molecule has 0 aromatic heterocycles. The van der Waals surface area contributed by atoms with Gasteiger partial charge in [-0.2, -0.15) is 18.4 Å². The highest BCUT2D eigenvalue weighted by Crippen LogP contribution is 2.44. The van der Waals surface area contributed by atoms with Crippen LogP contribution in [-0.2, 0) is 26.5 Å². The Morgan fingerprint density at radius 2 is 1.83 bits per heavy atom. The van der Waals surface area contributed by atoms with E-state index in [9.17, 15) is 27.4 Å². The van der Waals surface area contributed by atoms with Gasteiger partial charge in [-0.3, -0.25) is 4.21 Å². The molecule has 1 heterocycles. The van der Waals surface area contributed by atoms with E-state index in [-0.39, 0.29) is 40.5 Å². The Balaban J connectivity index is 2.19. The number of allylic oxidation sites excluding steroid dienone is 2. The Labute approximate surface area is 203 Å². The van der Waals surface area contributed by atoms with Crippen molar-refractivity contribution in [2.24, 2.45) is 0 Å². The van der Waals surface area contributed by atoms with Gasteiger partial charge in [-0.1, -0.05) is 18.2 Å². The van der Waals surface area contributed by atoms with E-state index in [1.165, 1.54) is 32.2 Å². The van der Waals surface area contributed by atoms with Gasteiger partial charge in [-0.25, -0.2) is 4.79 Å². The number of rotatable bonds is 7. The molecule has 2 unspecified atom stereocenters. The molecular weight excluding hydrogens is 481 g/mol. The van der Waals surface area contributed by atoms with Crippen LogP contribution in [0.2, 0.25) is 0 Å². The third kappa shape index (κ3) is 5.57. The number of carbonyl (C=O) groups is 1. The van der Waals surface area contributed by atoms with E-state index in [0.29, 0.717) is 10.6 Å². The number of esters is 1. The second kappa shape index (κ2) is 10.8. The second-order valence-electron chi connectivity index (χ2n) is 7.57. The zero-order chi connectivity index (χ0) is 25.8. The fourth-order valence-electron chi connectivity index (χ4n) is 3.87. The predicted molar refractivity (Wildman–Crippen MR) is 124 cm³/mol. The highest BCUT2D eigenvalue weighted by atomic mass is 32.2. The third-order valence-corrected chi connectivity index (χ3v) is 6.78. The number of nitrogens with zero attached hydrogens (tertiary/aromatic N) is 1. The number of hydrogen-bond acceptors (Lipinski definition) is 6. The quantitative estimate of drug-likeness (QED) is 0.544. The normalized spacial score (nSPS) is 16.9. The van der Waals surface area contributed by atoms with Crippen LogP contribution in [0, 0.1) is 11.3 Å². The van der Waals surface area contributed by atoms with Crippen molar-refractivity contribution in [1.82, 2.24) is 5.32 Å². The maximum absolute atomic E-state index is 13.9. The number of benzene rings is 2. The lowest BCUT2D eigenvalue weighted by Gasteiger charge is -2.31. The average molecular weight is 505 g/mol. The minimum atomic E-state index is -4.72. The van der Waals surface area contributed by atoms with Crippen LogP contribution in [0.4, 0.5) is 13.2 Å². The van der Waals surface area contributed by atoms with Gasteiger partial charge in [-0.15, -0.1) is 0 Å². The number of ether oxygens (including phenoxy) is 2. The SMILES string of the molecule is CCOC(=O)C1=C(CS(=O)c2ccc(OC)cc2)NC(C)=C(C#N)C1c1ccccc1C(F)(F)F. The summed E-state index contributed by atoms with van der Waals surface area (Å²) in [6.07, 6.45) is -4.72. The molecule has 0 aliphatic carbocycles. The van der Waals surface area contributed by atoms with Crippen LogP contribution in [-0.4, -0.2) is 29.6 Å². The van der Waals surface area contributed by atoms with E-state index in [1.807, 2.05) is 6.07 Å². The van der Waals surface area contributed by atoms with Crippen LogP contribution in [0.25, 0.3) is 0 Å². The fraction of sp³-hybridized carbons (Fsp3) is 0.280. The first kappa shape index (κ1) is 26.0. The van der Waals surface area contributed by atoms with Gasteiger partial charge < -0.3 is 14.8 Å². The van der Waals surface area contributed by atoms with Gasteiger partial charge in [0, 0.05) is 16.3 Å². The van der Waals surface area contributed by atoms with Crippen molar-refractivity contribution in [3.63, 3.8) is 0 Å². The van der Waals surface area contributed by atoms with Crippen molar-refractivity contribution in [3.05, 3.63) is 82.2 Å². The molecule has 3 rings (SSSR count). The van der Waals surface area contributed by atoms with Crippen molar-refractivity contribution in [3.8, 4) is 11.8 Å². The molecule has 35 heavy (non-hydrogen) atoms. The average Bonchev–Trinajstić information content (AvgIpc) is 2.83. The van der Waals surface area contributed by atoms with Gasteiger partial charge in [0.2, 0.25) is 0 Å². The first-order valence-corrected chi connectivity index (χ1v) is 11.9. The Morgan fingerprint density at radius 3 is 2.40 bits per heavy atom. The summed E-state index contributed by atoms with van der Waals surface area (Å²) in [6.45, 7) is 3.06. The molecule has 0 bridgehead atoms. The minimum Gasteiger partial charge on any atom is -0.497 e. The van der Waals surface area contributed by atoms with Gasteiger partial charge in [-0.05, 0) is 49.7 Å². The molecule has 0 amide bonds. The Hall–Kier alpha value is -3.58. The van der Waals surface area contributed by atoms with E-state index in [1.54, 1.807) is 31.2 Å². The number of nitrogens with one attached hydrogen (secondary N) is 1. The number of hydrogen-bond donors (Lipinski definition) is 1. The zero-order valence-electron chi connectivity index (χ0n) is 19.2. The molecule has 0 radical (unpaired) electrons. The van der Waals surface area contributed by atoms with E-state index >= 15 is 0 Å². The van der Waals surface area contributed by atoms with Gasteiger partial charge in [0.1, 0.15) is 5.75 Å². The molecular formula is C25H23F3N2O4S. The number of methoxy groups -OCH3 is 1. The molecule has 2 atom stereocenters. The van der Waals surface area contributed by atoms with Crippen LogP contribution in [0.15, 0.2) is 76.0 Å². The highest BCUT2D eigenvalue weighted by Gasteiger charge is 2.41. The fourth-order valence-corrected chi connectivity index (χ4v) is 4.96. The smallest absolute Gasteiger partial charge is 0.416 e. The number of dihydropyridines is 1. The number of nitriles is 1. The van der Waals surface area contributed by atoms with Gasteiger partial charge >= 0.3 is 12.1 Å². The molecule has 10 heteroatoms. The molecule has 0 fully saturated rings. The van der Waals surface area contributed by atoms with Crippen LogP contribution in [0.1, 0.15) is 30.9 Å². The lowest BCUT2D eigenvalue weighted by molar-refractivity contribution is -0.140. The van der Waals surface area contributed by atoms with E-state index < -0.39 is 34.4 Å². The molecule has 6 nitrogen and oxygen atoms in total. The van der Waals surface area contributed by atoms with Crippen LogP contribution in [0.3, 0.4) is 0 Å². The summed E-state index contributed by atoms with van der Waals surface area (Å²) < 4.78 is 65.1. The highest BCUT2D eigenvalue weighted by molar-refractivity contribution is 7.85. The molecule has 184 valence electrons. The summed E-state index contributed by atoms with van der Waals surface area (Å²) >= 11 is 0. The molecule has 2 aromatic carbocycles. The Morgan fingerprint density at radius 1 is 1.17 bits per heavy atom. The Bertz CT molecular complexity index is 1240. The largest absolute Gasteiger partial charge is 0.497 e. The van der Waals surface area contributed by atoms with Crippen molar-refractivity contribution in [2.75, 3.05) is 19.5 Å². The lowest BCUT2D eigenvalue weighted by Crippen LogP contribution is -2.33. The van der Waals surface area contributed by atoms with Crippen molar-refractivity contribution in [2.45, 2.75) is 30.8 Å². The molecule has 0 saturated heterocycles. The molecule has 0 saturated carbocycles. The van der Waals surface area contributed by atoms with E-state index in [0.717, 1.165) is 6.07 Å². The Kier molecular flexibility index (Phi) is 8.02. The summed E-state index contributed by atoms with van der Waals surface area (Å²) in [5.41, 5.74) is -1.05. The van der Waals surface area contributed by atoms with E-state index in [4.69, 9.17) is 9.47 Å². The third-order valence-electron chi connectivity index (χ3n) is 5.44. The first-order valence-electron chi connectivity index (χ1n) is 10.6. The maximum Gasteiger partial charge on any atom is 0.416 e. The first-order chi connectivity index (χ1) is 16.6. The van der Waals surface area contributed by atoms with Gasteiger partial charge in [0.15, 0.2) is 0 Å². The van der Waals surface area contributed by atoms with Crippen molar-refractivity contribution >= 4 is 16.8 Å². The minimum absolute atomic E-state index is 0.0323. The standard InChI is InChI=1S/C25H23F3N2O4S/c1-4-34-24(31)23-21(14-35(32)17-11-9-16(33-3)10-12-17)30-15(2)19(13-29)22(23)18-7-5-6-8-20(18)25(26,27)28/h5-12,22,30H,4,14H2,1-3H3. The number of carbonyl (C=O) groups excluding carboxylic acids is 1. The van der Waals surface area contributed by atoms with E-state index in [2.05, 4.69) is 5.32 Å². The molecule has 1 N–H and O–H groups in total. The van der Waals surface area contributed by atoms with Gasteiger partial charge in [0.25, 0.3) is 0 Å². The molecule has 2 aromatic rings. The monoisotopic (exact) mass is 504 g/mol. The predicted octanol–water partition coefficient (Wildman–Crippen LogP) is 4.82. The van der Waals surface area contributed by atoms with Crippen LogP contribution < -0.4 is 10.1 Å².